The SMILES string of the molecule is COc1ccc(CN(Cc2ccco2)C(c2cc3ccc(C)cc3[nH]c2=O)c2nnnn2Cc2ccccc2)cc1. The fourth-order valence-electron chi connectivity index (χ4n) is 5.12. The molecule has 3 aromatic heterocycles. The van der Waals surface area contributed by atoms with Gasteiger partial charge in [-0.15, -0.1) is 5.10 Å². The maximum Gasteiger partial charge on any atom is 0.253 e. The van der Waals surface area contributed by atoms with E-state index in [0.29, 0.717) is 31.0 Å². The van der Waals surface area contributed by atoms with Crippen LogP contribution in [0.15, 0.2) is 106 Å². The first-order chi connectivity index (χ1) is 20.1. The monoisotopic (exact) mass is 546 g/mol. The molecule has 0 amide bonds. The van der Waals surface area contributed by atoms with Gasteiger partial charge in [-0.3, -0.25) is 9.69 Å². The Kier molecular flexibility index (Phi) is 7.42. The molecule has 1 unspecified atom stereocenters. The predicted octanol–water partition coefficient (Wildman–Crippen LogP) is 5.26. The van der Waals surface area contributed by atoms with E-state index in [2.05, 4.69) is 25.4 Å². The van der Waals surface area contributed by atoms with E-state index in [9.17, 15) is 4.79 Å². The number of benzene rings is 3. The number of furan rings is 1. The zero-order valence-electron chi connectivity index (χ0n) is 22.9. The summed E-state index contributed by atoms with van der Waals surface area (Å²) in [5, 5.41) is 13.8. The summed E-state index contributed by atoms with van der Waals surface area (Å²) in [6.45, 7) is 3.39. The normalized spacial score (nSPS) is 12.2. The number of tetrazole rings is 1. The fraction of sp³-hybridized carbons (Fsp3) is 0.188. The summed E-state index contributed by atoms with van der Waals surface area (Å²) in [6.07, 6.45) is 1.65. The summed E-state index contributed by atoms with van der Waals surface area (Å²) in [6, 6.07) is 29.1. The molecular weight excluding hydrogens is 516 g/mol. The van der Waals surface area contributed by atoms with Crippen LogP contribution in [0.1, 0.15) is 39.9 Å². The number of nitrogens with zero attached hydrogens (tertiary/aromatic N) is 5. The number of rotatable bonds is 10. The van der Waals surface area contributed by atoms with Crippen molar-refractivity contribution in [2.45, 2.75) is 32.6 Å². The summed E-state index contributed by atoms with van der Waals surface area (Å²) in [4.78, 5) is 19.1. The second kappa shape index (κ2) is 11.6. The number of aryl methyl sites for hydroxylation is 1. The summed E-state index contributed by atoms with van der Waals surface area (Å²) in [5.74, 6) is 2.10. The first-order valence-electron chi connectivity index (χ1n) is 13.4. The molecule has 0 saturated heterocycles. The summed E-state index contributed by atoms with van der Waals surface area (Å²) >= 11 is 0. The minimum Gasteiger partial charge on any atom is -0.497 e. The molecule has 0 saturated carbocycles. The maximum atomic E-state index is 13.8. The van der Waals surface area contributed by atoms with Crippen molar-refractivity contribution >= 4 is 10.9 Å². The fourth-order valence-corrected chi connectivity index (χ4v) is 5.12. The lowest BCUT2D eigenvalue weighted by atomic mass is 10.0. The Labute approximate surface area is 237 Å². The van der Waals surface area contributed by atoms with Crippen LogP contribution in [0.3, 0.4) is 0 Å². The third-order valence-corrected chi connectivity index (χ3v) is 7.15. The zero-order valence-corrected chi connectivity index (χ0v) is 22.9. The van der Waals surface area contributed by atoms with Gasteiger partial charge >= 0.3 is 0 Å². The third-order valence-electron chi connectivity index (χ3n) is 7.15. The second-order valence-electron chi connectivity index (χ2n) is 10.1. The zero-order chi connectivity index (χ0) is 28.2. The topological polar surface area (TPSA) is 102 Å². The number of hydrogen-bond donors (Lipinski definition) is 1. The molecule has 206 valence electrons. The van der Waals surface area contributed by atoms with E-state index in [0.717, 1.165) is 39.1 Å². The van der Waals surface area contributed by atoms with Crippen LogP contribution in [0.4, 0.5) is 0 Å². The lowest BCUT2D eigenvalue weighted by Gasteiger charge is -2.30. The van der Waals surface area contributed by atoms with Crippen molar-refractivity contribution in [3.8, 4) is 5.75 Å². The molecule has 6 aromatic rings. The highest BCUT2D eigenvalue weighted by Crippen LogP contribution is 2.31. The number of nitrogens with one attached hydrogen (secondary N) is 1. The van der Waals surface area contributed by atoms with Gasteiger partial charge in [0.05, 0.1) is 26.5 Å². The average Bonchev–Trinajstić information content (AvgIpc) is 3.67. The molecule has 9 nitrogen and oxygen atoms in total. The van der Waals surface area contributed by atoms with Crippen LogP contribution >= 0.6 is 0 Å². The van der Waals surface area contributed by atoms with Gasteiger partial charge in [-0.1, -0.05) is 54.6 Å². The van der Waals surface area contributed by atoms with Crippen molar-refractivity contribution in [1.29, 1.82) is 0 Å². The molecule has 0 spiro atoms. The highest BCUT2D eigenvalue weighted by molar-refractivity contribution is 5.79. The Bertz CT molecular complexity index is 1790. The minimum absolute atomic E-state index is 0.193. The van der Waals surface area contributed by atoms with Crippen LogP contribution in [-0.4, -0.2) is 37.2 Å². The molecule has 6 rings (SSSR count). The van der Waals surface area contributed by atoms with Crippen LogP contribution in [0.2, 0.25) is 0 Å². The van der Waals surface area contributed by atoms with Crippen LogP contribution in [-0.2, 0) is 19.6 Å². The Balaban J connectivity index is 1.51. The molecule has 0 aliphatic heterocycles. The van der Waals surface area contributed by atoms with Crippen LogP contribution in [0.25, 0.3) is 10.9 Å². The van der Waals surface area contributed by atoms with Gasteiger partial charge in [0.25, 0.3) is 5.56 Å². The van der Waals surface area contributed by atoms with Crippen molar-refractivity contribution < 1.29 is 9.15 Å². The highest BCUT2D eigenvalue weighted by Gasteiger charge is 2.31. The molecule has 1 atom stereocenters. The smallest absolute Gasteiger partial charge is 0.253 e. The van der Waals surface area contributed by atoms with E-state index in [-0.39, 0.29) is 5.56 Å². The van der Waals surface area contributed by atoms with E-state index in [1.54, 1.807) is 18.1 Å². The molecule has 41 heavy (non-hydrogen) atoms. The Morgan fingerprint density at radius 3 is 2.54 bits per heavy atom. The van der Waals surface area contributed by atoms with Gasteiger partial charge in [-0.25, -0.2) is 4.68 Å². The van der Waals surface area contributed by atoms with E-state index in [1.807, 2.05) is 97.9 Å². The Morgan fingerprint density at radius 2 is 1.78 bits per heavy atom. The van der Waals surface area contributed by atoms with E-state index in [1.165, 1.54) is 0 Å². The first-order valence-corrected chi connectivity index (χ1v) is 13.4. The number of aromatic nitrogens is 5. The minimum atomic E-state index is -0.588. The van der Waals surface area contributed by atoms with Crippen molar-refractivity contribution in [2.75, 3.05) is 7.11 Å². The molecular formula is C32H30N6O3. The Morgan fingerprint density at radius 1 is 0.951 bits per heavy atom. The van der Waals surface area contributed by atoms with Crippen molar-refractivity contribution in [3.05, 3.63) is 141 Å². The second-order valence-corrected chi connectivity index (χ2v) is 10.1. The quantitative estimate of drug-likeness (QED) is 0.250. The number of hydrogen-bond acceptors (Lipinski definition) is 7. The lowest BCUT2D eigenvalue weighted by molar-refractivity contribution is 0.179. The van der Waals surface area contributed by atoms with Gasteiger partial charge in [0, 0.05) is 17.6 Å². The third kappa shape index (κ3) is 5.80. The van der Waals surface area contributed by atoms with Crippen molar-refractivity contribution in [2.24, 2.45) is 0 Å². The molecule has 0 radical (unpaired) electrons. The van der Waals surface area contributed by atoms with Gasteiger partial charge in [-0.05, 0) is 75.8 Å². The van der Waals surface area contributed by atoms with Gasteiger partial charge in [-0.2, -0.15) is 0 Å². The van der Waals surface area contributed by atoms with Gasteiger partial charge in [0.1, 0.15) is 17.6 Å². The van der Waals surface area contributed by atoms with Gasteiger partial charge < -0.3 is 14.1 Å². The Hall–Kier alpha value is -5.02. The van der Waals surface area contributed by atoms with Crippen LogP contribution in [0, 0.1) is 6.92 Å². The van der Waals surface area contributed by atoms with Crippen LogP contribution < -0.4 is 10.3 Å². The highest BCUT2D eigenvalue weighted by atomic mass is 16.5. The average molecular weight is 547 g/mol. The molecule has 1 N–H and O–H groups in total. The summed E-state index contributed by atoms with van der Waals surface area (Å²) < 4.78 is 12.9. The number of H-pyrrole nitrogens is 1. The molecule has 0 bridgehead atoms. The molecule has 0 aliphatic carbocycles. The summed E-state index contributed by atoms with van der Waals surface area (Å²) in [5.41, 5.74) is 4.30. The molecule has 9 heteroatoms. The molecule has 3 heterocycles. The molecule has 0 aliphatic rings. The predicted molar refractivity (Wildman–Crippen MR) is 155 cm³/mol. The van der Waals surface area contributed by atoms with E-state index < -0.39 is 6.04 Å². The van der Waals surface area contributed by atoms with Crippen molar-refractivity contribution in [1.82, 2.24) is 30.1 Å². The maximum absolute atomic E-state index is 13.8. The number of aromatic amines is 1. The largest absolute Gasteiger partial charge is 0.497 e. The van der Waals surface area contributed by atoms with Gasteiger partial charge in [0.15, 0.2) is 5.82 Å². The number of methoxy groups -OCH3 is 1. The lowest BCUT2D eigenvalue weighted by Crippen LogP contribution is -2.34. The standard InChI is InChI=1S/C32H30N6O3/c1-22-10-13-25-18-28(32(39)33-29(25)17-22)30(31-34-35-36-38(31)20-23-7-4-3-5-8-23)37(21-27-9-6-16-41-27)19-24-11-14-26(40-2)15-12-24/h3-18,30H,19-21H2,1-2H3,(H,33,39). The first kappa shape index (κ1) is 26.2. The van der Waals surface area contributed by atoms with E-state index >= 15 is 0 Å². The molecule has 3 aromatic carbocycles. The number of fused-ring (bicyclic) bond motifs is 1. The van der Waals surface area contributed by atoms with E-state index in [4.69, 9.17) is 9.15 Å². The van der Waals surface area contributed by atoms with Gasteiger partial charge in [0.2, 0.25) is 0 Å². The molecule has 0 fully saturated rings. The number of ether oxygens (including phenoxy) is 1. The van der Waals surface area contributed by atoms with Crippen LogP contribution in [0.5, 0.6) is 5.75 Å². The summed E-state index contributed by atoms with van der Waals surface area (Å²) in [7, 11) is 1.65. The van der Waals surface area contributed by atoms with Crippen molar-refractivity contribution in [3.63, 3.8) is 0 Å². The number of pyridine rings is 1.